The Bertz CT molecular complexity index is 787. The Hall–Kier alpha value is -2.96. The highest BCUT2D eigenvalue weighted by Gasteiger charge is 2.12. The van der Waals surface area contributed by atoms with Crippen molar-refractivity contribution in [2.45, 2.75) is 13.0 Å². The number of hydrogen-bond donors (Lipinski definition) is 0. The molecule has 0 atom stereocenters. The van der Waals surface area contributed by atoms with Gasteiger partial charge in [-0.2, -0.15) is 4.68 Å². The molecule has 7 nitrogen and oxygen atoms in total. The van der Waals surface area contributed by atoms with E-state index < -0.39 is 5.76 Å². The number of methoxy groups -OCH3 is 1. The highest BCUT2D eigenvalue weighted by atomic mass is 16.5. The predicted molar refractivity (Wildman–Crippen MR) is 81.6 cm³/mol. The first kappa shape index (κ1) is 15.0. The van der Waals surface area contributed by atoms with E-state index in [0.717, 1.165) is 11.5 Å². The fourth-order valence-corrected chi connectivity index (χ4v) is 2.02. The molecule has 2 heterocycles. The second-order valence-corrected chi connectivity index (χ2v) is 4.75. The third kappa shape index (κ3) is 3.63. The van der Waals surface area contributed by atoms with E-state index in [0.29, 0.717) is 25.3 Å². The summed E-state index contributed by atoms with van der Waals surface area (Å²) in [4.78, 5) is 11.7. The molecule has 0 radical (unpaired) electrons. The normalized spacial score (nSPS) is 10.7. The zero-order valence-electron chi connectivity index (χ0n) is 12.6. The second-order valence-electron chi connectivity index (χ2n) is 4.75. The largest absolute Gasteiger partial charge is 0.497 e. The molecule has 0 aliphatic carbocycles. The molecule has 1 aromatic carbocycles. The maximum absolute atomic E-state index is 11.7. The third-order valence-corrected chi connectivity index (χ3v) is 3.18. The summed E-state index contributed by atoms with van der Waals surface area (Å²) in [6.45, 7) is 0.862. The summed E-state index contributed by atoms with van der Waals surface area (Å²) >= 11 is 0. The SMILES string of the molecule is COc1ccc(OCCCn2nc(-c3ccco3)oc2=O)cc1. The number of benzene rings is 1. The fourth-order valence-electron chi connectivity index (χ4n) is 2.02. The first-order chi connectivity index (χ1) is 11.3. The molecule has 0 N–H and O–H groups in total. The Kier molecular flexibility index (Phi) is 4.46. The maximum Gasteiger partial charge on any atom is 0.437 e. The highest BCUT2D eigenvalue weighted by Crippen LogP contribution is 2.17. The number of hydrogen-bond acceptors (Lipinski definition) is 6. The molecule has 0 fully saturated rings. The van der Waals surface area contributed by atoms with Gasteiger partial charge in [-0.1, -0.05) is 0 Å². The van der Waals surface area contributed by atoms with Crippen LogP contribution in [0.3, 0.4) is 0 Å². The molecule has 2 aromatic heterocycles. The van der Waals surface area contributed by atoms with Gasteiger partial charge in [0.25, 0.3) is 5.89 Å². The molecule has 3 rings (SSSR count). The van der Waals surface area contributed by atoms with Crippen LogP contribution < -0.4 is 15.2 Å². The standard InChI is InChI=1S/C16H16N2O5/c1-20-12-5-7-13(8-6-12)21-11-3-9-18-16(19)23-15(17-18)14-4-2-10-22-14/h2,4-8,10H,3,9,11H2,1H3. The van der Waals surface area contributed by atoms with E-state index in [4.69, 9.17) is 18.3 Å². The number of rotatable bonds is 7. The van der Waals surface area contributed by atoms with Gasteiger partial charge in [-0.3, -0.25) is 0 Å². The van der Waals surface area contributed by atoms with E-state index in [1.807, 2.05) is 24.3 Å². The van der Waals surface area contributed by atoms with Crippen molar-refractivity contribution in [1.82, 2.24) is 9.78 Å². The van der Waals surface area contributed by atoms with Crippen LogP contribution >= 0.6 is 0 Å². The van der Waals surface area contributed by atoms with Crippen molar-refractivity contribution in [3.05, 3.63) is 53.2 Å². The van der Waals surface area contributed by atoms with Crippen LogP contribution in [0.1, 0.15) is 6.42 Å². The van der Waals surface area contributed by atoms with E-state index in [1.54, 1.807) is 19.2 Å². The van der Waals surface area contributed by atoms with E-state index >= 15 is 0 Å². The summed E-state index contributed by atoms with van der Waals surface area (Å²) in [5.41, 5.74) is 0. The van der Waals surface area contributed by atoms with Crippen molar-refractivity contribution >= 4 is 0 Å². The molecule has 7 heteroatoms. The predicted octanol–water partition coefficient (Wildman–Crippen LogP) is 2.57. The highest BCUT2D eigenvalue weighted by molar-refractivity contribution is 5.42. The van der Waals surface area contributed by atoms with E-state index in [1.165, 1.54) is 10.9 Å². The van der Waals surface area contributed by atoms with Gasteiger partial charge in [0.2, 0.25) is 0 Å². The van der Waals surface area contributed by atoms with Gasteiger partial charge in [0.1, 0.15) is 11.5 Å². The Labute approximate surface area is 132 Å². The van der Waals surface area contributed by atoms with Crippen LogP contribution in [0, 0.1) is 0 Å². The molecule has 120 valence electrons. The number of nitrogens with zero attached hydrogens (tertiary/aromatic N) is 2. The van der Waals surface area contributed by atoms with Gasteiger partial charge in [-0.25, -0.2) is 4.79 Å². The fraction of sp³-hybridized carbons (Fsp3) is 0.250. The van der Waals surface area contributed by atoms with Crippen LogP contribution in [-0.4, -0.2) is 23.5 Å². The number of ether oxygens (including phenoxy) is 2. The van der Waals surface area contributed by atoms with Crippen molar-refractivity contribution in [1.29, 1.82) is 0 Å². The number of furan rings is 1. The zero-order valence-corrected chi connectivity index (χ0v) is 12.6. The lowest BCUT2D eigenvalue weighted by Gasteiger charge is -2.06. The van der Waals surface area contributed by atoms with Crippen LogP contribution in [0.15, 0.2) is 56.3 Å². The summed E-state index contributed by atoms with van der Waals surface area (Å²) in [5, 5.41) is 4.09. The Balaban J connectivity index is 1.51. The van der Waals surface area contributed by atoms with Crippen LogP contribution in [-0.2, 0) is 6.54 Å². The summed E-state index contributed by atoms with van der Waals surface area (Å²) in [7, 11) is 1.61. The van der Waals surface area contributed by atoms with Gasteiger partial charge >= 0.3 is 5.76 Å². The number of aromatic nitrogens is 2. The molecule has 0 amide bonds. The van der Waals surface area contributed by atoms with Crippen LogP contribution in [0.4, 0.5) is 0 Å². The lowest BCUT2D eigenvalue weighted by atomic mass is 10.3. The van der Waals surface area contributed by atoms with Crippen molar-refractivity contribution in [2.24, 2.45) is 0 Å². The molecule has 0 bridgehead atoms. The molecule has 0 spiro atoms. The van der Waals surface area contributed by atoms with E-state index in [2.05, 4.69) is 5.10 Å². The van der Waals surface area contributed by atoms with E-state index in [9.17, 15) is 4.79 Å². The first-order valence-electron chi connectivity index (χ1n) is 7.15. The first-order valence-corrected chi connectivity index (χ1v) is 7.15. The van der Waals surface area contributed by atoms with Gasteiger partial charge in [0, 0.05) is 6.42 Å². The summed E-state index contributed by atoms with van der Waals surface area (Å²) in [6.07, 6.45) is 2.12. The van der Waals surface area contributed by atoms with Crippen LogP contribution in [0.2, 0.25) is 0 Å². The number of aryl methyl sites for hydroxylation is 1. The van der Waals surface area contributed by atoms with Gasteiger partial charge in [0.15, 0.2) is 5.76 Å². The Morgan fingerprint density at radius 2 is 1.96 bits per heavy atom. The third-order valence-electron chi connectivity index (χ3n) is 3.18. The smallest absolute Gasteiger partial charge is 0.437 e. The van der Waals surface area contributed by atoms with Gasteiger partial charge in [-0.05, 0) is 36.4 Å². The van der Waals surface area contributed by atoms with Gasteiger partial charge in [-0.15, -0.1) is 5.10 Å². The lowest BCUT2D eigenvalue weighted by Crippen LogP contribution is -2.17. The molecular formula is C16H16N2O5. The quantitative estimate of drug-likeness (QED) is 0.623. The molecule has 0 unspecified atom stereocenters. The lowest BCUT2D eigenvalue weighted by molar-refractivity contribution is 0.295. The summed E-state index contributed by atoms with van der Waals surface area (Å²) < 4.78 is 22.1. The van der Waals surface area contributed by atoms with E-state index in [-0.39, 0.29) is 5.89 Å². The Morgan fingerprint density at radius 1 is 1.17 bits per heavy atom. The van der Waals surface area contributed by atoms with Gasteiger partial charge < -0.3 is 18.3 Å². The average Bonchev–Trinajstić information content (AvgIpc) is 3.22. The Morgan fingerprint density at radius 3 is 2.65 bits per heavy atom. The van der Waals surface area contributed by atoms with Crippen molar-refractivity contribution in [3.63, 3.8) is 0 Å². The molecule has 0 aliphatic rings. The second kappa shape index (κ2) is 6.87. The topological polar surface area (TPSA) is 79.6 Å². The molecule has 0 saturated heterocycles. The van der Waals surface area contributed by atoms with Crippen molar-refractivity contribution in [3.8, 4) is 23.1 Å². The molecule has 23 heavy (non-hydrogen) atoms. The van der Waals surface area contributed by atoms with Crippen molar-refractivity contribution < 1.29 is 18.3 Å². The van der Waals surface area contributed by atoms with Crippen molar-refractivity contribution in [2.75, 3.05) is 13.7 Å². The molecule has 3 aromatic rings. The van der Waals surface area contributed by atoms with Crippen LogP contribution in [0.5, 0.6) is 11.5 Å². The minimum Gasteiger partial charge on any atom is -0.497 e. The maximum atomic E-state index is 11.7. The summed E-state index contributed by atoms with van der Waals surface area (Å²) in [6, 6.07) is 10.7. The average molecular weight is 316 g/mol. The molecule has 0 saturated carbocycles. The monoisotopic (exact) mass is 316 g/mol. The minimum atomic E-state index is -0.513. The minimum absolute atomic E-state index is 0.177. The van der Waals surface area contributed by atoms with Crippen LogP contribution in [0.25, 0.3) is 11.7 Å². The zero-order chi connectivity index (χ0) is 16.1. The molecular weight excluding hydrogens is 300 g/mol. The summed E-state index contributed by atoms with van der Waals surface area (Å²) in [5.74, 6) is 1.61. The molecule has 0 aliphatic heterocycles. The van der Waals surface area contributed by atoms with Gasteiger partial charge in [0.05, 0.1) is 26.5 Å².